The normalized spacial score (nSPS) is 10.3. The first-order chi connectivity index (χ1) is 8.24. The van der Waals surface area contributed by atoms with E-state index in [2.05, 4.69) is 25.9 Å². The standard InChI is InChI=1S/C12H10BrClN2O/c1-17-11-3-2-8(6-9(11)13)10-4-5-15-12(7-14)16-10/h2-6H,7H2,1H3. The third-order valence-electron chi connectivity index (χ3n) is 2.27. The lowest BCUT2D eigenvalue weighted by molar-refractivity contribution is 0.412. The highest BCUT2D eigenvalue weighted by atomic mass is 79.9. The van der Waals surface area contributed by atoms with Crippen molar-refractivity contribution < 1.29 is 4.74 Å². The van der Waals surface area contributed by atoms with E-state index in [1.807, 2.05) is 24.3 Å². The predicted molar refractivity (Wildman–Crippen MR) is 71.3 cm³/mol. The van der Waals surface area contributed by atoms with E-state index in [0.29, 0.717) is 11.7 Å². The smallest absolute Gasteiger partial charge is 0.143 e. The van der Waals surface area contributed by atoms with Gasteiger partial charge in [0, 0.05) is 11.8 Å². The molecule has 3 nitrogen and oxygen atoms in total. The Morgan fingerprint density at radius 3 is 2.82 bits per heavy atom. The summed E-state index contributed by atoms with van der Waals surface area (Å²) in [7, 11) is 1.63. The molecule has 5 heteroatoms. The Morgan fingerprint density at radius 1 is 1.35 bits per heavy atom. The van der Waals surface area contributed by atoms with Crippen LogP contribution in [-0.4, -0.2) is 17.1 Å². The first-order valence-electron chi connectivity index (χ1n) is 4.96. The molecule has 0 N–H and O–H groups in total. The molecule has 0 aliphatic rings. The van der Waals surface area contributed by atoms with Crippen LogP contribution < -0.4 is 4.74 Å². The van der Waals surface area contributed by atoms with Crippen molar-refractivity contribution in [3.05, 3.63) is 40.8 Å². The van der Waals surface area contributed by atoms with Gasteiger partial charge < -0.3 is 4.74 Å². The minimum absolute atomic E-state index is 0.311. The lowest BCUT2D eigenvalue weighted by atomic mass is 10.1. The molecule has 2 rings (SSSR count). The Balaban J connectivity index is 2.42. The van der Waals surface area contributed by atoms with Gasteiger partial charge in [0.05, 0.1) is 23.2 Å². The largest absolute Gasteiger partial charge is 0.496 e. The summed E-state index contributed by atoms with van der Waals surface area (Å²) in [5.74, 6) is 1.72. The van der Waals surface area contributed by atoms with Crippen LogP contribution in [0.4, 0.5) is 0 Å². The number of hydrogen-bond donors (Lipinski definition) is 0. The molecule has 88 valence electrons. The topological polar surface area (TPSA) is 35.0 Å². The minimum atomic E-state index is 0.311. The van der Waals surface area contributed by atoms with Crippen LogP contribution in [0.3, 0.4) is 0 Å². The fraction of sp³-hybridized carbons (Fsp3) is 0.167. The molecular weight excluding hydrogens is 304 g/mol. The van der Waals surface area contributed by atoms with Gasteiger partial charge in [0.1, 0.15) is 11.6 Å². The molecule has 0 bridgehead atoms. The number of hydrogen-bond acceptors (Lipinski definition) is 3. The van der Waals surface area contributed by atoms with E-state index in [0.717, 1.165) is 21.5 Å². The van der Waals surface area contributed by atoms with Gasteiger partial charge in [-0.3, -0.25) is 0 Å². The van der Waals surface area contributed by atoms with E-state index in [4.69, 9.17) is 16.3 Å². The second-order valence-corrected chi connectivity index (χ2v) is 4.46. The molecule has 2 aromatic rings. The van der Waals surface area contributed by atoms with Gasteiger partial charge in [-0.25, -0.2) is 9.97 Å². The molecule has 0 saturated carbocycles. The van der Waals surface area contributed by atoms with Gasteiger partial charge in [0.2, 0.25) is 0 Å². The highest BCUT2D eigenvalue weighted by Gasteiger charge is 2.05. The van der Waals surface area contributed by atoms with Crippen LogP contribution in [0.5, 0.6) is 5.75 Å². The first-order valence-corrected chi connectivity index (χ1v) is 6.29. The summed E-state index contributed by atoms with van der Waals surface area (Å²) in [5.41, 5.74) is 1.84. The van der Waals surface area contributed by atoms with Crippen molar-refractivity contribution in [1.29, 1.82) is 0 Å². The van der Waals surface area contributed by atoms with Crippen molar-refractivity contribution in [1.82, 2.24) is 9.97 Å². The van der Waals surface area contributed by atoms with Crippen molar-refractivity contribution in [2.75, 3.05) is 7.11 Å². The number of rotatable bonds is 3. The zero-order valence-corrected chi connectivity index (χ0v) is 11.5. The fourth-order valence-corrected chi connectivity index (χ4v) is 2.12. The van der Waals surface area contributed by atoms with Crippen LogP contribution in [0, 0.1) is 0 Å². The first kappa shape index (κ1) is 12.3. The molecule has 0 amide bonds. The van der Waals surface area contributed by atoms with Gasteiger partial charge in [0.25, 0.3) is 0 Å². The van der Waals surface area contributed by atoms with E-state index in [1.165, 1.54) is 0 Å². The Labute approximate surface area is 113 Å². The second kappa shape index (κ2) is 5.47. The molecule has 1 aromatic carbocycles. The van der Waals surface area contributed by atoms with E-state index in [9.17, 15) is 0 Å². The highest BCUT2D eigenvalue weighted by Crippen LogP contribution is 2.29. The molecule has 0 saturated heterocycles. The van der Waals surface area contributed by atoms with E-state index >= 15 is 0 Å². The molecule has 1 aromatic heterocycles. The van der Waals surface area contributed by atoms with E-state index < -0.39 is 0 Å². The van der Waals surface area contributed by atoms with E-state index in [1.54, 1.807) is 13.3 Å². The molecule has 0 aliphatic heterocycles. The predicted octanol–water partition coefficient (Wildman–Crippen LogP) is 3.65. The highest BCUT2D eigenvalue weighted by molar-refractivity contribution is 9.10. The fourth-order valence-electron chi connectivity index (χ4n) is 1.45. The molecule has 0 radical (unpaired) electrons. The molecule has 0 aliphatic carbocycles. The summed E-state index contributed by atoms with van der Waals surface area (Å²) >= 11 is 9.16. The lowest BCUT2D eigenvalue weighted by Crippen LogP contribution is -1.93. The van der Waals surface area contributed by atoms with Gasteiger partial charge in [-0.05, 0) is 40.2 Å². The van der Waals surface area contributed by atoms with Crippen LogP contribution in [0.15, 0.2) is 34.9 Å². The van der Waals surface area contributed by atoms with Gasteiger partial charge in [-0.2, -0.15) is 0 Å². The van der Waals surface area contributed by atoms with Crippen LogP contribution in [0.2, 0.25) is 0 Å². The third kappa shape index (κ3) is 2.76. The maximum absolute atomic E-state index is 5.71. The average Bonchev–Trinajstić information content (AvgIpc) is 2.38. The van der Waals surface area contributed by atoms with Crippen molar-refractivity contribution >= 4 is 27.5 Å². The molecule has 0 spiro atoms. The van der Waals surface area contributed by atoms with Crippen LogP contribution in [-0.2, 0) is 5.88 Å². The van der Waals surface area contributed by atoms with Crippen molar-refractivity contribution in [3.8, 4) is 17.0 Å². The van der Waals surface area contributed by atoms with Gasteiger partial charge in [0.15, 0.2) is 0 Å². The van der Waals surface area contributed by atoms with Gasteiger partial charge in [-0.15, -0.1) is 11.6 Å². The average molecular weight is 314 g/mol. The maximum atomic E-state index is 5.71. The van der Waals surface area contributed by atoms with Gasteiger partial charge >= 0.3 is 0 Å². The van der Waals surface area contributed by atoms with Crippen LogP contribution >= 0.6 is 27.5 Å². The molecule has 17 heavy (non-hydrogen) atoms. The zero-order valence-electron chi connectivity index (χ0n) is 9.15. The maximum Gasteiger partial charge on any atom is 0.143 e. The Hall–Kier alpha value is -1.13. The Bertz CT molecular complexity index is 534. The molecule has 0 atom stereocenters. The number of alkyl halides is 1. The van der Waals surface area contributed by atoms with Crippen LogP contribution in [0.1, 0.15) is 5.82 Å². The monoisotopic (exact) mass is 312 g/mol. The zero-order chi connectivity index (χ0) is 12.3. The molecular formula is C12H10BrClN2O. The number of nitrogens with zero attached hydrogens (tertiary/aromatic N) is 2. The third-order valence-corrected chi connectivity index (χ3v) is 3.13. The van der Waals surface area contributed by atoms with E-state index in [-0.39, 0.29) is 0 Å². The summed E-state index contributed by atoms with van der Waals surface area (Å²) in [5, 5.41) is 0. The van der Waals surface area contributed by atoms with Crippen molar-refractivity contribution in [2.24, 2.45) is 0 Å². The summed E-state index contributed by atoms with van der Waals surface area (Å²) in [6, 6.07) is 7.65. The lowest BCUT2D eigenvalue weighted by Gasteiger charge is -2.06. The second-order valence-electron chi connectivity index (χ2n) is 3.34. The quantitative estimate of drug-likeness (QED) is 0.811. The Kier molecular flexibility index (Phi) is 3.97. The van der Waals surface area contributed by atoms with Crippen molar-refractivity contribution in [3.63, 3.8) is 0 Å². The summed E-state index contributed by atoms with van der Waals surface area (Å²) in [4.78, 5) is 8.41. The summed E-state index contributed by atoms with van der Waals surface area (Å²) < 4.78 is 6.07. The van der Waals surface area contributed by atoms with Crippen LogP contribution in [0.25, 0.3) is 11.3 Å². The molecule has 0 fully saturated rings. The summed E-state index contributed by atoms with van der Waals surface area (Å²) in [6.45, 7) is 0. The molecule has 0 unspecified atom stereocenters. The van der Waals surface area contributed by atoms with Crippen molar-refractivity contribution in [2.45, 2.75) is 5.88 Å². The summed E-state index contributed by atoms with van der Waals surface area (Å²) in [6.07, 6.45) is 1.71. The SMILES string of the molecule is COc1ccc(-c2ccnc(CCl)n2)cc1Br. The minimum Gasteiger partial charge on any atom is -0.496 e. The number of aromatic nitrogens is 2. The molecule has 1 heterocycles. The number of benzene rings is 1. The van der Waals surface area contributed by atoms with Gasteiger partial charge in [-0.1, -0.05) is 0 Å². The number of ether oxygens (including phenoxy) is 1. The Morgan fingerprint density at radius 2 is 2.18 bits per heavy atom. The number of halogens is 2. The number of methoxy groups -OCH3 is 1.